The van der Waals surface area contributed by atoms with Gasteiger partial charge in [-0.15, -0.1) is 0 Å². The van der Waals surface area contributed by atoms with Crippen LogP contribution in [0.5, 0.6) is 0 Å². The largest absolute Gasteiger partial charge is 0.387 e. The van der Waals surface area contributed by atoms with Crippen molar-refractivity contribution < 1.29 is 14.7 Å². The number of rotatable bonds is 5. The molecule has 0 aromatic heterocycles. The molecule has 180 valence electrons. The van der Waals surface area contributed by atoms with Crippen LogP contribution in [-0.2, 0) is 11.3 Å². The Morgan fingerprint density at radius 1 is 1.09 bits per heavy atom. The zero-order valence-corrected chi connectivity index (χ0v) is 20.2. The molecule has 1 N–H and O–H groups in total. The van der Waals surface area contributed by atoms with Crippen molar-refractivity contribution in [3.63, 3.8) is 0 Å². The monoisotopic (exact) mass is 452 g/mol. The number of piperidine rings is 1. The molecule has 1 saturated heterocycles. The molecule has 2 saturated carbocycles. The van der Waals surface area contributed by atoms with Crippen LogP contribution in [0.25, 0.3) is 0 Å². The minimum absolute atomic E-state index is 0.0341. The number of likely N-dealkylation sites (tertiary alicyclic amines) is 1. The Hall–Kier alpha value is -1.88. The van der Waals surface area contributed by atoms with Crippen LogP contribution >= 0.6 is 0 Å². The third-order valence-corrected chi connectivity index (χ3v) is 9.33. The number of hydrogen-bond donors (Lipinski definition) is 1. The number of carbonyl (C=O) groups is 2. The molecule has 2 atom stereocenters. The van der Waals surface area contributed by atoms with Crippen LogP contribution < -0.4 is 0 Å². The fourth-order valence-corrected chi connectivity index (χ4v) is 7.38. The van der Waals surface area contributed by atoms with Gasteiger partial charge < -0.3 is 14.9 Å². The second-order valence-corrected chi connectivity index (χ2v) is 11.5. The Bertz CT molecular complexity index is 887. The summed E-state index contributed by atoms with van der Waals surface area (Å²) in [5.74, 6) is 1.07. The van der Waals surface area contributed by atoms with Crippen molar-refractivity contribution in [3.8, 4) is 0 Å². The fraction of sp³-hybridized carbons (Fsp3) is 0.714. The quantitative estimate of drug-likeness (QED) is 0.700. The summed E-state index contributed by atoms with van der Waals surface area (Å²) in [5.41, 5.74) is 0.604. The third-order valence-electron chi connectivity index (χ3n) is 9.33. The van der Waals surface area contributed by atoms with Crippen LogP contribution in [0.1, 0.15) is 93.5 Å². The summed E-state index contributed by atoms with van der Waals surface area (Å²) < 4.78 is 0. The molecule has 2 aliphatic heterocycles. The van der Waals surface area contributed by atoms with E-state index in [0.717, 1.165) is 43.2 Å². The molecule has 0 radical (unpaired) electrons. The molecular formula is C28H40N2O3. The highest BCUT2D eigenvalue weighted by molar-refractivity contribution is 5.98. The van der Waals surface area contributed by atoms with Crippen molar-refractivity contribution in [3.05, 3.63) is 35.4 Å². The maximum Gasteiger partial charge on any atom is 0.254 e. The second-order valence-electron chi connectivity index (χ2n) is 11.5. The molecule has 2 aliphatic carbocycles. The molecule has 2 unspecified atom stereocenters. The van der Waals surface area contributed by atoms with Gasteiger partial charge in [-0.05, 0) is 43.2 Å². The summed E-state index contributed by atoms with van der Waals surface area (Å²) in [6.07, 6.45) is 12.2. The topological polar surface area (TPSA) is 60.9 Å². The Labute approximate surface area is 198 Å². The van der Waals surface area contributed by atoms with Gasteiger partial charge in [-0.25, -0.2) is 0 Å². The van der Waals surface area contributed by atoms with Gasteiger partial charge in [0.2, 0.25) is 5.91 Å². The summed E-state index contributed by atoms with van der Waals surface area (Å²) in [5, 5.41) is 12.0. The number of amides is 2. The van der Waals surface area contributed by atoms with E-state index in [1.807, 2.05) is 29.2 Å². The first-order chi connectivity index (χ1) is 15.9. The fourth-order valence-electron chi connectivity index (χ4n) is 7.38. The van der Waals surface area contributed by atoms with Crippen LogP contribution in [0.15, 0.2) is 24.3 Å². The van der Waals surface area contributed by atoms with E-state index in [1.165, 1.54) is 32.1 Å². The Balaban J connectivity index is 1.28. The zero-order valence-electron chi connectivity index (χ0n) is 20.2. The Morgan fingerprint density at radius 3 is 2.55 bits per heavy atom. The van der Waals surface area contributed by atoms with E-state index in [-0.39, 0.29) is 23.1 Å². The average Bonchev–Trinajstić information content (AvgIpc) is 3.42. The lowest BCUT2D eigenvalue weighted by Gasteiger charge is -2.53. The number of fused-ring (bicyclic) bond motifs is 1. The highest BCUT2D eigenvalue weighted by atomic mass is 16.3. The van der Waals surface area contributed by atoms with E-state index in [4.69, 9.17) is 0 Å². The van der Waals surface area contributed by atoms with Crippen LogP contribution in [0, 0.1) is 17.3 Å². The zero-order chi connectivity index (χ0) is 23.1. The maximum absolute atomic E-state index is 13.4. The van der Waals surface area contributed by atoms with Gasteiger partial charge in [-0.1, -0.05) is 70.1 Å². The van der Waals surface area contributed by atoms with E-state index in [0.29, 0.717) is 38.5 Å². The first kappa shape index (κ1) is 22.9. The van der Waals surface area contributed by atoms with Crippen molar-refractivity contribution in [1.82, 2.24) is 9.80 Å². The molecule has 1 aromatic rings. The predicted molar refractivity (Wildman–Crippen MR) is 129 cm³/mol. The number of aliphatic hydroxyl groups is 1. The van der Waals surface area contributed by atoms with Crippen LogP contribution in [0.3, 0.4) is 0 Å². The standard InChI is InChI=1S/C28H40N2O3/c1-21(17-22-9-3-2-4-10-22)25(31)29-16-15-28(33,27(19-29)13-7-8-14-27)20-30-18-23-11-5-6-12-24(23)26(30)32/h5-6,11-12,21-22,33H,2-4,7-10,13-20H2,1H3. The summed E-state index contributed by atoms with van der Waals surface area (Å²) in [6, 6.07) is 7.78. The molecule has 0 bridgehead atoms. The van der Waals surface area contributed by atoms with Crippen LogP contribution in [0.4, 0.5) is 0 Å². The van der Waals surface area contributed by atoms with Crippen molar-refractivity contribution in [2.45, 2.75) is 89.7 Å². The Morgan fingerprint density at radius 2 is 1.82 bits per heavy atom. The van der Waals surface area contributed by atoms with Gasteiger partial charge in [0.1, 0.15) is 0 Å². The molecule has 4 aliphatic rings. The van der Waals surface area contributed by atoms with E-state index in [1.54, 1.807) is 0 Å². The SMILES string of the molecule is CC(CC1CCCCC1)C(=O)N1CCC(O)(CN2Cc3ccccc3C2=O)C2(CCCC2)C1. The van der Waals surface area contributed by atoms with E-state index in [2.05, 4.69) is 11.8 Å². The normalized spacial score (nSPS) is 28.4. The summed E-state index contributed by atoms with van der Waals surface area (Å²) in [6.45, 7) is 4.31. The first-order valence-electron chi connectivity index (χ1n) is 13.3. The number of carbonyl (C=O) groups excluding carboxylic acids is 2. The van der Waals surface area contributed by atoms with Crippen molar-refractivity contribution in [2.24, 2.45) is 17.3 Å². The molecule has 5 heteroatoms. The van der Waals surface area contributed by atoms with Gasteiger partial charge in [0.05, 0.1) is 12.1 Å². The first-order valence-corrected chi connectivity index (χ1v) is 13.3. The van der Waals surface area contributed by atoms with Gasteiger partial charge >= 0.3 is 0 Å². The molecule has 1 spiro atoms. The summed E-state index contributed by atoms with van der Waals surface area (Å²) in [4.78, 5) is 30.4. The van der Waals surface area contributed by atoms with Crippen molar-refractivity contribution in [2.75, 3.05) is 19.6 Å². The smallest absolute Gasteiger partial charge is 0.254 e. The highest BCUT2D eigenvalue weighted by Gasteiger charge is 2.56. The highest BCUT2D eigenvalue weighted by Crippen LogP contribution is 2.52. The summed E-state index contributed by atoms with van der Waals surface area (Å²) >= 11 is 0. The number of benzene rings is 1. The van der Waals surface area contributed by atoms with E-state index < -0.39 is 5.60 Å². The maximum atomic E-state index is 13.4. The molecule has 33 heavy (non-hydrogen) atoms. The van der Waals surface area contributed by atoms with Gasteiger partial charge in [0.15, 0.2) is 0 Å². The lowest BCUT2D eigenvalue weighted by atomic mass is 9.65. The molecule has 3 fully saturated rings. The van der Waals surface area contributed by atoms with Crippen molar-refractivity contribution in [1.29, 1.82) is 0 Å². The van der Waals surface area contributed by atoms with Crippen molar-refractivity contribution >= 4 is 11.8 Å². The minimum Gasteiger partial charge on any atom is -0.387 e. The summed E-state index contributed by atoms with van der Waals surface area (Å²) in [7, 11) is 0. The molecule has 2 amide bonds. The van der Waals surface area contributed by atoms with Gasteiger partial charge in [0, 0.05) is 36.5 Å². The van der Waals surface area contributed by atoms with Gasteiger partial charge in [0.25, 0.3) is 5.91 Å². The van der Waals surface area contributed by atoms with E-state index >= 15 is 0 Å². The molecule has 1 aromatic carbocycles. The number of hydrogen-bond acceptors (Lipinski definition) is 3. The average molecular weight is 453 g/mol. The Kier molecular flexibility index (Phi) is 6.28. The van der Waals surface area contributed by atoms with Gasteiger partial charge in [-0.2, -0.15) is 0 Å². The lowest BCUT2D eigenvalue weighted by Crippen LogP contribution is -2.64. The van der Waals surface area contributed by atoms with Gasteiger partial charge in [-0.3, -0.25) is 9.59 Å². The second kappa shape index (κ2) is 9.05. The molecule has 2 heterocycles. The number of nitrogens with zero attached hydrogens (tertiary/aromatic N) is 2. The number of β-amino-alcohol motifs (C(OH)–C–C–N with tert-alkyl or cyclic N) is 1. The molecule has 5 nitrogen and oxygen atoms in total. The third kappa shape index (κ3) is 4.22. The molecule has 5 rings (SSSR count). The molecular weight excluding hydrogens is 412 g/mol. The lowest BCUT2D eigenvalue weighted by molar-refractivity contribution is -0.163. The van der Waals surface area contributed by atoms with E-state index in [9.17, 15) is 14.7 Å². The minimum atomic E-state index is -0.926. The predicted octanol–water partition coefficient (Wildman–Crippen LogP) is 4.77. The van der Waals surface area contributed by atoms with Crippen LogP contribution in [0.2, 0.25) is 0 Å². The van der Waals surface area contributed by atoms with Crippen LogP contribution in [-0.4, -0.2) is 52.0 Å².